The van der Waals surface area contributed by atoms with E-state index in [1.54, 1.807) is 7.11 Å². The van der Waals surface area contributed by atoms with Gasteiger partial charge in [0, 0.05) is 35.6 Å². The van der Waals surface area contributed by atoms with Crippen LogP contribution >= 0.6 is 0 Å². The van der Waals surface area contributed by atoms with Crippen molar-refractivity contribution in [3.05, 3.63) is 81.9 Å². The van der Waals surface area contributed by atoms with Crippen molar-refractivity contribution in [1.29, 1.82) is 0 Å². The van der Waals surface area contributed by atoms with E-state index in [1.807, 2.05) is 35.0 Å². The molecule has 37 heavy (non-hydrogen) atoms. The van der Waals surface area contributed by atoms with Gasteiger partial charge in [0.1, 0.15) is 5.75 Å². The molecule has 0 spiro atoms. The molecule has 1 aliphatic carbocycles. The average Bonchev–Trinajstić information content (AvgIpc) is 3.41. The highest BCUT2D eigenvalue weighted by atomic mass is 16.5. The van der Waals surface area contributed by atoms with Crippen molar-refractivity contribution in [2.45, 2.75) is 77.0 Å². The molecule has 0 unspecified atom stereocenters. The number of fused-ring (bicyclic) bond motifs is 1. The first-order chi connectivity index (χ1) is 18.2. The maximum atomic E-state index is 13.2. The highest BCUT2D eigenvalue weighted by Crippen LogP contribution is 2.33. The number of aromatic amines is 1. The number of nitrogens with zero attached hydrogens (tertiary/aromatic N) is 5. The maximum Gasteiger partial charge on any atom is 0.252 e. The minimum Gasteiger partial charge on any atom is -0.497 e. The Labute approximate surface area is 217 Å². The fourth-order valence-electron chi connectivity index (χ4n) is 5.63. The first-order valence-electron chi connectivity index (χ1n) is 13.4. The lowest BCUT2D eigenvalue weighted by molar-refractivity contribution is 0.0841. The van der Waals surface area contributed by atoms with E-state index in [0.717, 1.165) is 60.3 Å². The second kappa shape index (κ2) is 11.7. The van der Waals surface area contributed by atoms with Crippen LogP contribution in [-0.2, 0) is 19.5 Å². The van der Waals surface area contributed by atoms with Gasteiger partial charge in [0.2, 0.25) is 0 Å². The zero-order chi connectivity index (χ0) is 25.6. The molecule has 1 aliphatic rings. The molecule has 1 N–H and O–H groups in total. The van der Waals surface area contributed by atoms with E-state index in [4.69, 9.17) is 4.74 Å². The summed E-state index contributed by atoms with van der Waals surface area (Å²) in [5.74, 6) is 1.65. The molecule has 0 saturated heterocycles. The van der Waals surface area contributed by atoms with Gasteiger partial charge in [-0.2, -0.15) is 0 Å². The Balaban J connectivity index is 1.46. The van der Waals surface area contributed by atoms with E-state index in [2.05, 4.69) is 56.6 Å². The molecule has 1 atom stereocenters. The molecule has 0 bridgehead atoms. The van der Waals surface area contributed by atoms with E-state index in [-0.39, 0.29) is 11.6 Å². The first-order valence-corrected chi connectivity index (χ1v) is 13.4. The summed E-state index contributed by atoms with van der Waals surface area (Å²) >= 11 is 0. The molecule has 4 aromatic rings. The zero-order valence-electron chi connectivity index (χ0n) is 21.8. The standard InChI is InChI=1S/C29H36N6O2/c1-3-27(28-31-32-33-35(28)17-16-21-10-6-4-7-11-21)34(24-12-8-5-9-13-24)20-23-18-22-19-25(37-2)14-15-26(22)30-29(23)36/h4,6-7,10-11,14-15,18-19,24,27H,3,5,8-9,12-13,16-17,20H2,1-2H3,(H,30,36)/t27-/m1/s1. The van der Waals surface area contributed by atoms with Gasteiger partial charge in [0.25, 0.3) is 5.56 Å². The largest absolute Gasteiger partial charge is 0.497 e. The quantitative estimate of drug-likeness (QED) is 0.328. The molecule has 1 saturated carbocycles. The fourth-order valence-corrected chi connectivity index (χ4v) is 5.63. The van der Waals surface area contributed by atoms with Gasteiger partial charge in [0.05, 0.1) is 13.2 Å². The molecular formula is C29H36N6O2. The van der Waals surface area contributed by atoms with Crippen LogP contribution in [0.1, 0.15) is 68.4 Å². The van der Waals surface area contributed by atoms with Crippen molar-refractivity contribution >= 4 is 10.9 Å². The molecule has 5 rings (SSSR count). The summed E-state index contributed by atoms with van der Waals surface area (Å²) in [4.78, 5) is 18.7. The number of nitrogens with one attached hydrogen (secondary N) is 1. The van der Waals surface area contributed by atoms with Crippen LogP contribution in [0, 0.1) is 0 Å². The van der Waals surface area contributed by atoms with Gasteiger partial charge in [-0.1, -0.05) is 56.5 Å². The van der Waals surface area contributed by atoms with E-state index in [9.17, 15) is 4.79 Å². The summed E-state index contributed by atoms with van der Waals surface area (Å²) in [5, 5.41) is 13.9. The number of benzene rings is 2. The van der Waals surface area contributed by atoms with E-state index >= 15 is 0 Å². The summed E-state index contributed by atoms with van der Waals surface area (Å²) in [6, 6.07) is 18.6. The highest BCUT2D eigenvalue weighted by molar-refractivity contribution is 5.80. The van der Waals surface area contributed by atoms with Gasteiger partial charge in [-0.15, -0.1) is 5.10 Å². The molecule has 194 valence electrons. The van der Waals surface area contributed by atoms with Crippen LogP contribution in [0.25, 0.3) is 10.9 Å². The van der Waals surface area contributed by atoms with Crippen LogP contribution in [0.3, 0.4) is 0 Å². The lowest BCUT2D eigenvalue weighted by Gasteiger charge is -2.39. The van der Waals surface area contributed by atoms with Crippen LogP contribution in [0.2, 0.25) is 0 Å². The first kappa shape index (κ1) is 25.1. The van der Waals surface area contributed by atoms with E-state index in [0.29, 0.717) is 12.6 Å². The van der Waals surface area contributed by atoms with Crippen LogP contribution < -0.4 is 10.3 Å². The van der Waals surface area contributed by atoms with Gasteiger partial charge >= 0.3 is 0 Å². The third-order valence-corrected chi connectivity index (χ3v) is 7.62. The van der Waals surface area contributed by atoms with Gasteiger partial charge in [-0.3, -0.25) is 9.69 Å². The average molecular weight is 501 g/mol. The van der Waals surface area contributed by atoms with E-state index in [1.165, 1.54) is 24.8 Å². The summed E-state index contributed by atoms with van der Waals surface area (Å²) in [7, 11) is 1.66. The van der Waals surface area contributed by atoms with Gasteiger partial charge in [-0.05, 0) is 65.9 Å². The van der Waals surface area contributed by atoms with Crippen molar-refractivity contribution < 1.29 is 4.74 Å². The molecule has 0 radical (unpaired) electrons. The number of ether oxygens (including phenoxy) is 1. The molecule has 0 aliphatic heterocycles. The third kappa shape index (κ3) is 5.74. The number of aryl methyl sites for hydroxylation is 2. The minimum absolute atomic E-state index is 0.0225. The predicted octanol–water partition coefficient (Wildman–Crippen LogP) is 5.05. The number of H-pyrrole nitrogens is 1. The Bertz CT molecular complexity index is 1360. The fraction of sp³-hybridized carbons (Fsp3) is 0.448. The number of tetrazole rings is 1. The topological polar surface area (TPSA) is 88.9 Å². The minimum atomic E-state index is -0.0444. The highest BCUT2D eigenvalue weighted by Gasteiger charge is 2.32. The summed E-state index contributed by atoms with van der Waals surface area (Å²) in [5.41, 5.74) is 2.79. The number of methoxy groups -OCH3 is 1. The number of pyridine rings is 1. The predicted molar refractivity (Wildman–Crippen MR) is 145 cm³/mol. The SMILES string of the molecule is CC[C@H](c1nnnn1CCc1ccccc1)N(Cc1cc2cc(OC)ccc2[nH]c1=O)C1CCCCC1. The summed E-state index contributed by atoms with van der Waals surface area (Å²) in [6.07, 6.45) is 7.67. The molecule has 2 aromatic heterocycles. The normalized spacial score (nSPS) is 15.3. The Hall–Kier alpha value is -3.52. The van der Waals surface area contributed by atoms with Gasteiger partial charge in [0.15, 0.2) is 5.82 Å². The maximum absolute atomic E-state index is 13.2. The third-order valence-electron chi connectivity index (χ3n) is 7.62. The molecular weight excluding hydrogens is 464 g/mol. The molecule has 2 aromatic carbocycles. The van der Waals surface area contributed by atoms with E-state index < -0.39 is 0 Å². The molecule has 1 fully saturated rings. The number of rotatable bonds is 10. The Morgan fingerprint density at radius 1 is 1.11 bits per heavy atom. The molecule has 8 nitrogen and oxygen atoms in total. The molecule has 2 heterocycles. The Morgan fingerprint density at radius 2 is 1.92 bits per heavy atom. The smallest absolute Gasteiger partial charge is 0.252 e. The van der Waals surface area contributed by atoms with Gasteiger partial charge in [-0.25, -0.2) is 4.68 Å². The van der Waals surface area contributed by atoms with Crippen LogP contribution in [0.15, 0.2) is 59.4 Å². The van der Waals surface area contributed by atoms with Crippen LogP contribution in [-0.4, -0.2) is 43.2 Å². The van der Waals surface area contributed by atoms with Crippen molar-refractivity contribution in [3.63, 3.8) is 0 Å². The van der Waals surface area contributed by atoms with Crippen LogP contribution in [0.5, 0.6) is 5.75 Å². The van der Waals surface area contributed by atoms with Gasteiger partial charge < -0.3 is 9.72 Å². The van der Waals surface area contributed by atoms with Crippen molar-refractivity contribution in [3.8, 4) is 5.75 Å². The van der Waals surface area contributed by atoms with Crippen molar-refractivity contribution in [2.75, 3.05) is 7.11 Å². The number of aromatic nitrogens is 5. The summed E-state index contributed by atoms with van der Waals surface area (Å²) in [6.45, 7) is 3.46. The second-order valence-electron chi connectivity index (χ2n) is 9.96. The monoisotopic (exact) mass is 500 g/mol. The second-order valence-corrected chi connectivity index (χ2v) is 9.96. The number of hydrogen-bond acceptors (Lipinski definition) is 6. The van der Waals surface area contributed by atoms with Crippen LogP contribution in [0.4, 0.5) is 0 Å². The molecule has 0 amide bonds. The lowest BCUT2D eigenvalue weighted by Crippen LogP contribution is -2.41. The summed E-state index contributed by atoms with van der Waals surface area (Å²) < 4.78 is 7.36. The zero-order valence-corrected chi connectivity index (χ0v) is 21.8. The number of hydrogen-bond donors (Lipinski definition) is 1. The molecule has 8 heteroatoms. The Morgan fingerprint density at radius 3 is 2.68 bits per heavy atom. The van der Waals surface area contributed by atoms with Crippen molar-refractivity contribution in [1.82, 2.24) is 30.1 Å². The Kier molecular flexibility index (Phi) is 7.94. The lowest BCUT2D eigenvalue weighted by atomic mass is 9.92. The van der Waals surface area contributed by atoms with Crippen molar-refractivity contribution in [2.24, 2.45) is 0 Å².